The normalized spacial score (nSPS) is 8.50. The first-order valence-corrected chi connectivity index (χ1v) is 2.89. The highest BCUT2D eigenvalue weighted by Gasteiger charge is 1.72. The Morgan fingerprint density at radius 1 is 1.50 bits per heavy atom. The number of nitrogens with zero attached hydrogens (tertiary/aromatic N) is 3. The van der Waals surface area contributed by atoms with Gasteiger partial charge >= 0.3 is 0 Å². The van der Waals surface area contributed by atoms with Crippen LogP contribution in [-0.2, 0) is 0 Å². The maximum Gasteiger partial charge on any atom is 0.135 e. The number of hydrogen-bond donors (Lipinski definition) is 1. The minimum atomic E-state index is 0.853. The first kappa shape index (κ1) is 6.67. The van der Waals surface area contributed by atoms with Gasteiger partial charge in [0.25, 0.3) is 0 Å². The fourth-order valence-corrected chi connectivity index (χ4v) is 0.472. The average molecular weight is 136 g/mol. The summed E-state index contributed by atoms with van der Waals surface area (Å²) in [4.78, 5) is 7.81. The van der Waals surface area contributed by atoms with Crippen LogP contribution in [0.4, 0.5) is 0 Å². The molecule has 0 radical (unpaired) electrons. The van der Waals surface area contributed by atoms with Gasteiger partial charge in [0.1, 0.15) is 6.33 Å². The van der Waals surface area contributed by atoms with Crippen molar-refractivity contribution in [2.75, 3.05) is 0 Å². The van der Waals surface area contributed by atoms with E-state index in [0.29, 0.717) is 0 Å². The Bertz CT molecular complexity index is 217. The van der Waals surface area contributed by atoms with Crippen molar-refractivity contribution in [3.8, 4) is 0 Å². The predicted molar refractivity (Wildman–Crippen MR) is 36.5 cm³/mol. The highest BCUT2D eigenvalue weighted by molar-refractivity contribution is 4.85. The zero-order valence-corrected chi connectivity index (χ0v) is 5.65. The Balaban J connectivity index is 3.13. The standard InChI is InChI=1S/C6H8N4/c1-6-4-7-5-10-9-3-2-8-6/h2-5,9H,1H3. The summed E-state index contributed by atoms with van der Waals surface area (Å²) >= 11 is 0. The highest BCUT2D eigenvalue weighted by Crippen LogP contribution is 1.77. The van der Waals surface area contributed by atoms with Gasteiger partial charge in [-0.3, -0.25) is 10.1 Å². The van der Waals surface area contributed by atoms with Crippen LogP contribution < -0.4 is 0 Å². The van der Waals surface area contributed by atoms with E-state index < -0.39 is 0 Å². The summed E-state index contributed by atoms with van der Waals surface area (Å²) in [7, 11) is 0. The van der Waals surface area contributed by atoms with Crippen LogP contribution in [0, 0.1) is 6.92 Å². The number of nitrogens with one attached hydrogen (secondary N) is 1. The number of hydrogen-bond acceptors (Lipinski definition) is 3. The van der Waals surface area contributed by atoms with Crippen molar-refractivity contribution in [2.24, 2.45) is 0 Å². The van der Waals surface area contributed by atoms with Crippen LogP contribution in [0.1, 0.15) is 5.69 Å². The van der Waals surface area contributed by atoms with Gasteiger partial charge in [0, 0.05) is 18.6 Å². The smallest absolute Gasteiger partial charge is 0.135 e. The van der Waals surface area contributed by atoms with Crippen molar-refractivity contribution in [1.29, 1.82) is 0 Å². The lowest BCUT2D eigenvalue weighted by atomic mass is 10.5. The van der Waals surface area contributed by atoms with Crippen LogP contribution in [-0.4, -0.2) is 20.2 Å². The van der Waals surface area contributed by atoms with Gasteiger partial charge in [-0.1, -0.05) is 0 Å². The van der Waals surface area contributed by atoms with E-state index >= 15 is 0 Å². The van der Waals surface area contributed by atoms with Gasteiger partial charge in [-0.05, 0) is 6.92 Å². The molecule has 10 heavy (non-hydrogen) atoms. The molecule has 4 heteroatoms. The molecule has 0 aromatic carbocycles. The summed E-state index contributed by atoms with van der Waals surface area (Å²) in [6.07, 6.45) is 6.33. The van der Waals surface area contributed by atoms with Crippen molar-refractivity contribution in [2.45, 2.75) is 6.92 Å². The van der Waals surface area contributed by atoms with E-state index in [1.807, 2.05) is 6.92 Å². The molecule has 1 rings (SSSR count). The number of aryl methyl sites for hydroxylation is 1. The second-order valence-corrected chi connectivity index (χ2v) is 1.74. The van der Waals surface area contributed by atoms with Crippen molar-refractivity contribution < 1.29 is 0 Å². The van der Waals surface area contributed by atoms with Crippen LogP contribution in [0.3, 0.4) is 0 Å². The van der Waals surface area contributed by atoms with Gasteiger partial charge in [0.2, 0.25) is 0 Å². The van der Waals surface area contributed by atoms with Gasteiger partial charge in [0.05, 0.1) is 5.69 Å². The third-order valence-electron chi connectivity index (χ3n) is 0.888. The van der Waals surface area contributed by atoms with E-state index in [1.165, 1.54) is 6.33 Å². The fraction of sp³-hybridized carbons (Fsp3) is 0.167. The molecule has 0 atom stereocenters. The van der Waals surface area contributed by atoms with Gasteiger partial charge in [0.15, 0.2) is 0 Å². The molecule has 0 spiro atoms. The topological polar surface area (TPSA) is 54.5 Å². The zero-order valence-electron chi connectivity index (χ0n) is 5.65. The number of aromatic nitrogens is 4. The summed E-state index contributed by atoms with van der Waals surface area (Å²) in [5, 5.41) is 6.31. The van der Waals surface area contributed by atoms with Crippen molar-refractivity contribution >= 4 is 0 Å². The van der Waals surface area contributed by atoms with E-state index in [9.17, 15) is 0 Å². The molecule has 0 aliphatic carbocycles. The van der Waals surface area contributed by atoms with E-state index in [2.05, 4.69) is 20.2 Å². The summed E-state index contributed by atoms with van der Waals surface area (Å²) in [6.45, 7) is 1.87. The third kappa shape index (κ3) is 2.21. The molecule has 52 valence electrons. The van der Waals surface area contributed by atoms with Gasteiger partial charge < -0.3 is 0 Å². The first-order valence-electron chi connectivity index (χ1n) is 2.89. The minimum absolute atomic E-state index is 0.853. The molecule has 0 bridgehead atoms. The Kier molecular flexibility index (Phi) is 2.37. The monoisotopic (exact) mass is 136 g/mol. The number of rotatable bonds is 0. The van der Waals surface area contributed by atoms with Crippen molar-refractivity contribution in [3.05, 3.63) is 30.6 Å². The largest absolute Gasteiger partial charge is 0.283 e. The van der Waals surface area contributed by atoms with Crippen molar-refractivity contribution in [3.63, 3.8) is 0 Å². The second-order valence-electron chi connectivity index (χ2n) is 1.74. The highest BCUT2D eigenvalue weighted by atomic mass is 15.1. The van der Waals surface area contributed by atoms with E-state index in [-0.39, 0.29) is 0 Å². The van der Waals surface area contributed by atoms with E-state index in [0.717, 1.165) is 5.69 Å². The van der Waals surface area contributed by atoms with Crippen LogP contribution in [0.2, 0.25) is 0 Å². The molecule has 0 aliphatic rings. The summed E-state index contributed by atoms with van der Waals surface area (Å²) in [6, 6.07) is 0. The quantitative estimate of drug-likeness (QED) is 0.569. The summed E-state index contributed by atoms with van der Waals surface area (Å²) in [5.74, 6) is 0. The molecule has 0 amide bonds. The fourth-order valence-electron chi connectivity index (χ4n) is 0.472. The molecule has 0 aliphatic heterocycles. The molecule has 0 unspecified atom stereocenters. The van der Waals surface area contributed by atoms with E-state index in [4.69, 9.17) is 0 Å². The van der Waals surface area contributed by atoms with E-state index in [1.54, 1.807) is 18.6 Å². The third-order valence-corrected chi connectivity index (χ3v) is 0.888. The Morgan fingerprint density at radius 3 is 3.30 bits per heavy atom. The molecule has 1 heterocycles. The Morgan fingerprint density at radius 2 is 2.40 bits per heavy atom. The maximum absolute atomic E-state index is 3.99. The van der Waals surface area contributed by atoms with Gasteiger partial charge in [-0.15, -0.1) is 0 Å². The van der Waals surface area contributed by atoms with Crippen LogP contribution in [0.15, 0.2) is 24.9 Å². The lowest BCUT2D eigenvalue weighted by Gasteiger charge is -1.75. The number of aromatic amines is 1. The Labute approximate surface area is 58.7 Å². The van der Waals surface area contributed by atoms with Crippen LogP contribution in [0.5, 0.6) is 0 Å². The number of H-pyrrole nitrogens is 1. The zero-order chi connectivity index (χ0) is 7.23. The molecule has 0 saturated carbocycles. The average Bonchev–Trinajstić information content (AvgIpc) is 2.02. The lowest BCUT2D eigenvalue weighted by molar-refractivity contribution is 1.01. The van der Waals surface area contributed by atoms with Crippen molar-refractivity contribution in [1.82, 2.24) is 20.2 Å². The minimum Gasteiger partial charge on any atom is -0.283 e. The molecular weight excluding hydrogens is 128 g/mol. The summed E-state index contributed by atoms with van der Waals surface area (Å²) in [5.41, 5.74) is 0.853. The first-order chi connectivity index (χ1) is 4.89. The molecule has 1 N–H and O–H groups in total. The molecule has 0 fully saturated rings. The van der Waals surface area contributed by atoms with Gasteiger partial charge in [-0.25, -0.2) is 4.98 Å². The maximum atomic E-state index is 3.99. The Hall–Kier alpha value is -1.45. The molecular formula is C6H8N4. The summed E-state index contributed by atoms with van der Waals surface area (Å²) < 4.78 is 0. The predicted octanol–water partition coefficient (Wildman–Crippen LogP) is 0.633. The lowest BCUT2D eigenvalue weighted by Crippen LogP contribution is -1.71. The molecule has 4 nitrogen and oxygen atoms in total. The van der Waals surface area contributed by atoms with Crippen LogP contribution in [0.25, 0.3) is 0 Å². The molecule has 1 aromatic heterocycles. The van der Waals surface area contributed by atoms with Gasteiger partial charge in [-0.2, -0.15) is 5.10 Å². The SMILES string of the molecule is Cc1cncn[nH]ccn1. The van der Waals surface area contributed by atoms with Crippen LogP contribution >= 0.6 is 0 Å². The second kappa shape index (κ2) is 3.55. The molecule has 1 aromatic rings. The molecule has 0 saturated heterocycles.